The number of rotatable bonds is 9. The number of pyridine rings is 1. The Kier molecular flexibility index (Phi) is 8.68. The zero-order chi connectivity index (χ0) is 29.0. The van der Waals surface area contributed by atoms with Gasteiger partial charge >= 0.3 is 6.09 Å². The molecule has 0 aliphatic heterocycles. The largest absolute Gasteiger partial charge is 0.493 e. The maximum absolute atomic E-state index is 12.3. The number of halogens is 1. The Morgan fingerprint density at radius 2 is 1.90 bits per heavy atom. The minimum atomic E-state index is -0.552. The zero-order valence-corrected chi connectivity index (χ0v) is 24.4. The Labute approximate surface area is 238 Å². The number of aryl methyl sites for hydroxylation is 1. The molecule has 0 radical (unpaired) electrons. The predicted octanol–water partition coefficient (Wildman–Crippen LogP) is 4.74. The van der Waals surface area contributed by atoms with Gasteiger partial charge in [-0.3, -0.25) is 9.48 Å². The van der Waals surface area contributed by atoms with Crippen LogP contribution in [0, 0.1) is 6.92 Å². The summed E-state index contributed by atoms with van der Waals surface area (Å²) in [5, 5.41) is 10.3. The zero-order valence-electron chi connectivity index (χ0n) is 23.7. The molecule has 0 aliphatic rings. The number of fused-ring (bicyclic) bond motifs is 1. The van der Waals surface area contributed by atoms with Gasteiger partial charge < -0.3 is 24.5 Å². The van der Waals surface area contributed by atoms with Gasteiger partial charge in [0.05, 0.1) is 6.61 Å². The molecule has 212 valence electrons. The maximum atomic E-state index is 12.3. The van der Waals surface area contributed by atoms with Gasteiger partial charge in [0.1, 0.15) is 17.0 Å². The van der Waals surface area contributed by atoms with Crippen LogP contribution < -0.4 is 15.4 Å². The lowest BCUT2D eigenvalue weighted by Crippen LogP contribution is -2.33. The van der Waals surface area contributed by atoms with Crippen LogP contribution in [0.3, 0.4) is 0 Å². The maximum Gasteiger partial charge on any atom is 0.407 e. The molecule has 11 heteroatoms. The molecule has 4 rings (SSSR count). The molecule has 0 atom stereocenters. The Hall–Kier alpha value is -4.05. The van der Waals surface area contributed by atoms with Gasteiger partial charge in [0.15, 0.2) is 5.69 Å². The first-order valence-electron chi connectivity index (χ1n) is 13.1. The van der Waals surface area contributed by atoms with Crippen molar-refractivity contribution in [1.82, 2.24) is 29.8 Å². The van der Waals surface area contributed by atoms with E-state index in [0.29, 0.717) is 42.5 Å². The molecule has 1 aromatic carbocycles. The van der Waals surface area contributed by atoms with Crippen molar-refractivity contribution in [2.45, 2.75) is 46.1 Å². The predicted molar refractivity (Wildman–Crippen MR) is 154 cm³/mol. The second-order valence-electron chi connectivity index (χ2n) is 10.4. The quantitative estimate of drug-likeness (QED) is 0.302. The number of carbonyl (C=O) groups excluding carboxylic acids is 2. The van der Waals surface area contributed by atoms with Gasteiger partial charge in [-0.25, -0.2) is 9.78 Å². The van der Waals surface area contributed by atoms with Crippen LogP contribution in [-0.4, -0.2) is 57.0 Å². The van der Waals surface area contributed by atoms with Gasteiger partial charge in [0, 0.05) is 79.0 Å². The summed E-state index contributed by atoms with van der Waals surface area (Å²) in [6, 6.07) is 9.45. The number of hydrogen-bond acceptors (Lipinski definition) is 6. The van der Waals surface area contributed by atoms with Crippen molar-refractivity contribution in [3.05, 3.63) is 70.4 Å². The van der Waals surface area contributed by atoms with Crippen molar-refractivity contribution in [3.63, 3.8) is 0 Å². The van der Waals surface area contributed by atoms with Crippen molar-refractivity contribution < 1.29 is 19.1 Å². The third-order valence-electron chi connectivity index (χ3n) is 6.40. The van der Waals surface area contributed by atoms with Crippen molar-refractivity contribution in [2.24, 2.45) is 7.05 Å². The smallest absolute Gasteiger partial charge is 0.407 e. The van der Waals surface area contributed by atoms with Crippen LogP contribution in [0.4, 0.5) is 4.79 Å². The summed E-state index contributed by atoms with van der Waals surface area (Å²) in [7, 11) is 3.40. The molecule has 0 fully saturated rings. The molecular formula is C29H35ClN6O4. The molecular weight excluding hydrogens is 532 g/mol. The number of imidazole rings is 1. The summed E-state index contributed by atoms with van der Waals surface area (Å²) in [5.74, 6) is 0.399. The van der Waals surface area contributed by atoms with Crippen LogP contribution in [-0.2, 0) is 24.6 Å². The van der Waals surface area contributed by atoms with E-state index < -0.39 is 11.7 Å². The number of benzene rings is 1. The fourth-order valence-corrected chi connectivity index (χ4v) is 4.51. The van der Waals surface area contributed by atoms with Crippen LogP contribution in [0.5, 0.6) is 5.75 Å². The molecule has 10 nitrogen and oxygen atoms in total. The molecule has 0 bridgehead atoms. The highest BCUT2D eigenvalue weighted by molar-refractivity contribution is 6.30. The van der Waals surface area contributed by atoms with Gasteiger partial charge in [-0.15, -0.1) is 0 Å². The van der Waals surface area contributed by atoms with E-state index in [2.05, 4.69) is 20.7 Å². The minimum Gasteiger partial charge on any atom is -0.493 e. The highest BCUT2D eigenvalue weighted by Gasteiger charge is 2.19. The molecule has 2 amide bonds. The molecule has 40 heavy (non-hydrogen) atoms. The number of hydrogen-bond donors (Lipinski definition) is 2. The highest BCUT2D eigenvalue weighted by Crippen LogP contribution is 2.33. The van der Waals surface area contributed by atoms with Crippen molar-refractivity contribution >= 4 is 29.2 Å². The van der Waals surface area contributed by atoms with Crippen molar-refractivity contribution in [1.29, 1.82) is 0 Å². The van der Waals surface area contributed by atoms with E-state index in [1.165, 1.54) is 0 Å². The number of nitrogens with zero attached hydrogens (tertiary/aromatic N) is 4. The number of carbonyl (C=O) groups is 2. The van der Waals surface area contributed by atoms with E-state index in [4.69, 9.17) is 21.1 Å². The summed E-state index contributed by atoms with van der Waals surface area (Å²) in [5.41, 5.74) is 5.12. The number of amides is 2. The summed E-state index contributed by atoms with van der Waals surface area (Å²) in [6.45, 7) is 8.16. The summed E-state index contributed by atoms with van der Waals surface area (Å²) in [6.07, 6.45) is 4.43. The average molecular weight is 567 g/mol. The molecule has 0 aliphatic carbocycles. The number of aromatic nitrogens is 4. The Balaban J connectivity index is 1.52. The monoisotopic (exact) mass is 566 g/mol. The normalized spacial score (nSPS) is 11.5. The average Bonchev–Trinajstić information content (AvgIpc) is 3.42. The first kappa shape index (κ1) is 28.9. The summed E-state index contributed by atoms with van der Waals surface area (Å²) in [4.78, 5) is 28.8. The van der Waals surface area contributed by atoms with E-state index in [1.807, 2.05) is 69.6 Å². The van der Waals surface area contributed by atoms with E-state index >= 15 is 0 Å². The van der Waals surface area contributed by atoms with Crippen LogP contribution in [0.1, 0.15) is 48.2 Å². The molecule has 2 N–H and O–H groups in total. The topological polar surface area (TPSA) is 112 Å². The molecule has 3 aromatic heterocycles. The first-order chi connectivity index (χ1) is 19.0. The van der Waals surface area contributed by atoms with Crippen LogP contribution >= 0.6 is 11.6 Å². The van der Waals surface area contributed by atoms with Gasteiger partial charge in [0.25, 0.3) is 5.91 Å². The highest BCUT2D eigenvalue weighted by atomic mass is 35.5. The lowest BCUT2D eigenvalue weighted by Gasteiger charge is -2.19. The summed E-state index contributed by atoms with van der Waals surface area (Å²) >= 11 is 6.33. The molecule has 3 heterocycles. The second-order valence-corrected chi connectivity index (χ2v) is 10.9. The van der Waals surface area contributed by atoms with Gasteiger partial charge in [-0.05, 0) is 58.0 Å². The van der Waals surface area contributed by atoms with Crippen molar-refractivity contribution in [2.75, 3.05) is 20.2 Å². The lowest BCUT2D eigenvalue weighted by atomic mass is 10.1. The fraction of sp³-hybridized carbons (Fsp3) is 0.379. The Bertz CT molecular complexity index is 1540. The molecule has 0 saturated carbocycles. The molecule has 0 unspecified atom stereocenters. The fourth-order valence-electron chi connectivity index (χ4n) is 4.35. The van der Waals surface area contributed by atoms with Crippen LogP contribution in [0.25, 0.3) is 16.8 Å². The molecule has 0 saturated heterocycles. The Morgan fingerprint density at radius 1 is 1.12 bits per heavy atom. The van der Waals surface area contributed by atoms with E-state index in [9.17, 15) is 9.59 Å². The Morgan fingerprint density at radius 3 is 2.62 bits per heavy atom. The van der Waals surface area contributed by atoms with Crippen LogP contribution in [0.15, 0.2) is 42.7 Å². The number of nitrogens with one attached hydrogen (secondary N) is 2. The van der Waals surface area contributed by atoms with Crippen LogP contribution in [0.2, 0.25) is 5.02 Å². The van der Waals surface area contributed by atoms with E-state index in [1.54, 1.807) is 24.0 Å². The van der Waals surface area contributed by atoms with Gasteiger partial charge in [-0.2, -0.15) is 5.10 Å². The number of ether oxygens (including phenoxy) is 2. The first-order valence-corrected chi connectivity index (χ1v) is 13.4. The standard InChI is InChI=1S/C29H35ClN6O4/c1-18-22(26(27(37)31-5)34-35(18)6)12-14-39-24-15-20(30)8-9-23(24)19-7-10-25-33-16-21(36(25)17-19)11-13-32-28(38)40-29(2,3)4/h7-10,15-17H,11-14H2,1-6H3,(H,31,37)(H,32,38). The molecule has 0 spiro atoms. The lowest BCUT2D eigenvalue weighted by molar-refractivity contribution is 0.0528. The van der Waals surface area contributed by atoms with Gasteiger partial charge in [0.2, 0.25) is 0 Å². The third kappa shape index (κ3) is 6.74. The SMILES string of the molecule is CNC(=O)c1nn(C)c(C)c1CCOc1cc(Cl)ccc1-c1ccc2ncc(CCNC(=O)OC(C)(C)C)n2c1. The van der Waals surface area contributed by atoms with E-state index in [0.717, 1.165) is 33.7 Å². The summed E-state index contributed by atoms with van der Waals surface area (Å²) < 4.78 is 15.2. The van der Waals surface area contributed by atoms with Gasteiger partial charge in [-0.1, -0.05) is 11.6 Å². The van der Waals surface area contributed by atoms with E-state index in [-0.39, 0.29) is 5.91 Å². The third-order valence-corrected chi connectivity index (χ3v) is 6.63. The molecule has 4 aromatic rings. The number of alkyl carbamates (subject to hydrolysis) is 1. The minimum absolute atomic E-state index is 0.229. The van der Waals surface area contributed by atoms with Crippen molar-refractivity contribution in [3.8, 4) is 16.9 Å². The second kappa shape index (κ2) is 12.0.